The number of hydrogen-bond acceptors (Lipinski definition) is 3. The molecule has 0 aliphatic heterocycles. The first kappa shape index (κ1) is 10.9. The number of terminal acetylenes is 1. The van der Waals surface area contributed by atoms with Gasteiger partial charge in [-0.3, -0.25) is 0 Å². The number of rotatable bonds is 3. The molecule has 1 rings (SSSR count). The van der Waals surface area contributed by atoms with E-state index in [0.29, 0.717) is 11.5 Å². The molecule has 0 saturated carbocycles. The van der Waals surface area contributed by atoms with Crippen LogP contribution < -0.4 is 11.1 Å². The molecule has 0 aliphatic carbocycles. The number of halogens is 1. The van der Waals surface area contributed by atoms with E-state index >= 15 is 0 Å². The Morgan fingerprint density at radius 2 is 2.50 bits per heavy atom. The maximum Gasteiger partial charge on any atom is 0.150 e. The monoisotopic (exact) mass is 253 g/mol. The molecule has 1 unspecified atom stereocenters. The van der Waals surface area contributed by atoms with E-state index in [2.05, 4.69) is 32.2 Å². The van der Waals surface area contributed by atoms with E-state index in [-0.39, 0.29) is 6.04 Å². The van der Waals surface area contributed by atoms with Gasteiger partial charge in [-0.05, 0) is 28.4 Å². The van der Waals surface area contributed by atoms with Gasteiger partial charge in [0.05, 0.1) is 11.7 Å². The summed E-state index contributed by atoms with van der Waals surface area (Å²) in [5, 5.41) is 3.08. The van der Waals surface area contributed by atoms with Crippen LogP contribution in [0.4, 0.5) is 11.5 Å². The molecule has 0 radical (unpaired) electrons. The Kier molecular flexibility index (Phi) is 3.78. The van der Waals surface area contributed by atoms with Gasteiger partial charge in [-0.25, -0.2) is 4.98 Å². The number of nitrogens with one attached hydrogen (secondary N) is 1. The van der Waals surface area contributed by atoms with Crippen LogP contribution in [-0.2, 0) is 0 Å². The summed E-state index contributed by atoms with van der Waals surface area (Å²) in [4.78, 5) is 4.13. The maximum atomic E-state index is 5.76. The summed E-state index contributed by atoms with van der Waals surface area (Å²) in [7, 11) is 0. The van der Waals surface area contributed by atoms with Crippen molar-refractivity contribution in [2.24, 2.45) is 0 Å². The van der Waals surface area contributed by atoms with Crippen molar-refractivity contribution in [2.45, 2.75) is 19.4 Å². The molecule has 0 fully saturated rings. The number of nitrogens with two attached hydrogens (primary N) is 1. The van der Waals surface area contributed by atoms with Crippen molar-refractivity contribution in [3.8, 4) is 12.3 Å². The van der Waals surface area contributed by atoms with E-state index in [4.69, 9.17) is 12.2 Å². The third-order valence-electron chi connectivity index (χ3n) is 1.80. The lowest BCUT2D eigenvalue weighted by Gasteiger charge is -2.12. The zero-order valence-electron chi connectivity index (χ0n) is 7.92. The highest BCUT2D eigenvalue weighted by Crippen LogP contribution is 2.20. The second kappa shape index (κ2) is 4.87. The first-order valence-corrected chi connectivity index (χ1v) is 5.10. The number of aromatic nitrogens is 1. The fraction of sp³-hybridized carbons (Fsp3) is 0.300. The highest BCUT2D eigenvalue weighted by molar-refractivity contribution is 9.10. The van der Waals surface area contributed by atoms with Crippen LogP contribution in [0.25, 0.3) is 0 Å². The number of pyridine rings is 1. The van der Waals surface area contributed by atoms with Gasteiger partial charge in [0.2, 0.25) is 0 Å². The standard InChI is InChI=1S/C10H12BrN3/c1-3-8(4-2)14-10-9(12)5-7(11)6-13-10/h1,5-6,8H,4,12H2,2H3,(H,13,14). The maximum absolute atomic E-state index is 5.76. The van der Waals surface area contributed by atoms with Crippen LogP contribution in [-0.4, -0.2) is 11.0 Å². The first-order valence-electron chi connectivity index (χ1n) is 4.31. The van der Waals surface area contributed by atoms with Crippen molar-refractivity contribution in [1.29, 1.82) is 0 Å². The van der Waals surface area contributed by atoms with Gasteiger partial charge in [0.1, 0.15) is 5.82 Å². The summed E-state index contributed by atoms with van der Waals surface area (Å²) in [6.07, 6.45) is 7.84. The van der Waals surface area contributed by atoms with Crippen molar-refractivity contribution in [1.82, 2.24) is 4.98 Å². The molecular weight excluding hydrogens is 242 g/mol. The van der Waals surface area contributed by atoms with Gasteiger partial charge in [0.25, 0.3) is 0 Å². The van der Waals surface area contributed by atoms with Gasteiger partial charge in [-0.1, -0.05) is 12.8 Å². The predicted octanol–water partition coefficient (Wildman–Crippen LogP) is 2.25. The van der Waals surface area contributed by atoms with E-state index in [1.807, 2.05) is 6.92 Å². The highest BCUT2D eigenvalue weighted by Gasteiger charge is 2.05. The predicted molar refractivity (Wildman–Crippen MR) is 62.9 cm³/mol. The zero-order chi connectivity index (χ0) is 10.6. The van der Waals surface area contributed by atoms with Gasteiger partial charge >= 0.3 is 0 Å². The average molecular weight is 254 g/mol. The lowest BCUT2D eigenvalue weighted by Crippen LogP contribution is -2.17. The normalized spacial score (nSPS) is 11.8. The van der Waals surface area contributed by atoms with Gasteiger partial charge in [-0.2, -0.15) is 0 Å². The van der Waals surface area contributed by atoms with E-state index in [1.54, 1.807) is 12.3 Å². The van der Waals surface area contributed by atoms with Gasteiger partial charge in [-0.15, -0.1) is 6.42 Å². The highest BCUT2D eigenvalue weighted by atomic mass is 79.9. The van der Waals surface area contributed by atoms with Crippen LogP contribution in [0, 0.1) is 12.3 Å². The molecule has 0 spiro atoms. The first-order chi connectivity index (χ1) is 6.67. The van der Waals surface area contributed by atoms with E-state index in [0.717, 1.165) is 10.9 Å². The van der Waals surface area contributed by atoms with Crippen molar-refractivity contribution in [2.75, 3.05) is 11.1 Å². The summed E-state index contributed by atoms with van der Waals surface area (Å²) in [6, 6.07) is 1.77. The smallest absolute Gasteiger partial charge is 0.150 e. The minimum atomic E-state index is -0.0222. The third-order valence-corrected chi connectivity index (χ3v) is 2.24. The molecule has 4 heteroatoms. The second-order valence-corrected chi connectivity index (χ2v) is 3.78. The SMILES string of the molecule is C#CC(CC)Nc1ncc(Br)cc1N. The Balaban J connectivity index is 2.82. The quantitative estimate of drug-likeness (QED) is 0.813. The Morgan fingerprint density at radius 3 is 3.00 bits per heavy atom. The molecular formula is C10H12BrN3. The Hall–Kier alpha value is -1.21. The molecule has 0 bridgehead atoms. The molecule has 1 aromatic rings. The van der Waals surface area contributed by atoms with Crippen LogP contribution in [0.1, 0.15) is 13.3 Å². The number of nitrogen functional groups attached to an aromatic ring is 1. The second-order valence-electron chi connectivity index (χ2n) is 2.86. The molecule has 0 saturated heterocycles. The molecule has 1 aromatic heterocycles. The molecule has 0 aliphatic rings. The van der Waals surface area contributed by atoms with Crippen LogP contribution in [0.5, 0.6) is 0 Å². The van der Waals surface area contributed by atoms with Crippen LogP contribution in [0.15, 0.2) is 16.7 Å². The summed E-state index contributed by atoms with van der Waals surface area (Å²) >= 11 is 3.29. The van der Waals surface area contributed by atoms with Crippen LogP contribution in [0.3, 0.4) is 0 Å². The lowest BCUT2D eigenvalue weighted by molar-refractivity contribution is 0.851. The van der Waals surface area contributed by atoms with E-state index < -0.39 is 0 Å². The third kappa shape index (κ3) is 2.64. The van der Waals surface area contributed by atoms with E-state index in [1.165, 1.54) is 0 Å². The van der Waals surface area contributed by atoms with Crippen LogP contribution in [0.2, 0.25) is 0 Å². The fourth-order valence-corrected chi connectivity index (χ4v) is 1.35. The molecule has 0 aromatic carbocycles. The number of anilines is 2. The van der Waals surface area contributed by atoms with Crippen molar-refractivity contribution >= 4 is 27.4 Å². The largest absolute Gasteiger partial charge is 0.396 e. The minimum Gasteiger partial charge on any atom is -0.396 e. The molecule has 3 N–H and O–H groups in total. The summed E-state index contributed by atoms with van der Waals surface area (Å²) in [6.45, 7) is 2.01. The minimum absolute atomic E-state index is 0.0222. The summed E-state index contributed by atoms with van der Waals surface area (Å²) in [5.74, 6) is 3.26. The Bertz CT molecular complexity index is 357. The van der Waals surface area contributed by atoms with Crippen molar-refractivity contribution in [3.05, 3.63) is 16.7 Å². The van der Waals surface area contributed by atoms with Crippen molar-refractivity contribution in [3.63, 3.8) is 0 Å². The average Bonchev–Trinajstić information content (AvgIpc) is 2.17. The molecule has 74 valence electrons. The van der Waals surface area contributed by atoms with Crippen LogP contribution >= 0.6 is 15.9 Å². The number of nitrogens with zero attached hydrogens (tertiary/aromatic N) is 1. The fourth-order valence-electron chi connectivity index (χ4n) is 1.00. The molecule has 3 nitrogen and oxygen atoms in total. The van der Waals surface area contributed by atoms with Gasteiger partial charge in [0.15, 0.2) is 0 Å². The van der Waals surface area contributed by atoms with Crippen molar-refractivity contribution < 1.29 is 0 Å². The summed E-state index contributed by atoms with van der Waals surface area (Å²) < 4.78 is 0.856. The molecule has 14 heavy (non-hydrogen) atoms. The molecule has 1 heterocycles. The summed E-state index contributed by atoms with van der Waals surface area (Å²) in [5.41, 5.74) is 6.35. The Labute approximate surface area is 92.2 Å². The van der Waals surface area contributed by atoms with Gasteiger partial charge in [0, 0.05) is 10.7 Å². The Morgan fingerprint density at radius 1 is 1.79 bits per heavy atom. The number of hydrogen-bond donors (Lipinski definition) is 2. The van der Waals surface area contributed by atoms with E-state index in [9.17, 15) is 0 Å². The molecule has 1 atom stereocenters. The van der Waals surface area contributed by atoms with Gasteiger partial charge < -0.3 is 11.1 Å². The lowest BCUT2D eigenvalue weighted by atomic mass is 10.2. The topological polar surface area (TPSA) is 50.9 Å². The molecule has 0 amide bonds. The zero-order valence-corrected chi connectivity index (χ0v) is 9.51.